The molecule has 0 fully saturated rings. The number of benzene rings is 2. The van der Waals surface area contributed by atoms with Crippen molar-refractivity contribution in [2.24, 2.45) is 0 Å². The maximum atomic E-state index is 12.9. The van der Waals surface area contributed by atoms with Gasteiger partial charge in [-0.1, -0.05) is 221 Å². The summed E-state index contributed by atoms with van der Waals surface area (Å²) in [5, 5.41) is 2.78. The number of unbranched alkanes of at least 4 members (excludes halogenated alkanes) is 28. The van der Waals surface area contributed by atoms with Crippen LogP contribution in [0.15, 0.2) is 47.5 Å². The molecule has 1 heterocycles. The fourth-order valence-electron chi connectivity index (χ4n) is 10.5. The van der Waals surface area contributed by atoms with E-state index in [-0.39, 0.29) is 0 Å². The van der Waals surface area contributed by atoms with Crippen molar-refractivity contribution in [1.82, 2.24) is 0 Å². The second kappa shape index (κ2) is 45.4. The van der Waals surface area contributed by atoms with Crippen LogP contribution in [0.2, 0.25) is 10.8 Å². The average molecular weight is 1020 g/mol. The van der Waals surface area contributed by atoms with Crippen LogP contribution in [0.3, 0.4) is 0 Å². The van der Waals surface area contributed by atoms with E-state index in [1.54, 1.807) is 4.70 Å². The Morgan fingerprint density at radius 2 is 0.521 bits per heavy atom. The van der Waals surface area contributed by atoms with Gasteiger partial charge in [-0.15, -0.1) is 0 Å². The summed E-state index contributed by atoms with van der Waals surface area (Å²) in [6.45, 7) is 18.4. The van der Waals surface area contributed by atoms with Crippen molar-refractivity contribution < 1.29 is 19.1 Å². The molecule has 0 atom stereocenters. The molecule has 0 spiro atoms. The minimum atomic E-state index is 1.04. The standard InChI is InChI=1S/C60H100N2.2C4H9.Ni/c1-7-13-19-24-29-34-39-51-45-52(40-35-30-25-20-14-8-2)48-55(47-51)59-57(43-18-12-6)58(44-38-33-28-23-17-11-5)60(62(59)61)56-49-53(41-36-31-26-21-15-9-3)46-54(50-56)42-37-32-27-22-16-10-4;2*1-3-4-2;/h45-50H,7-44H2,1-6H3;2*1,3-4H2,2H3;. The Labute approximate surface area is 450 Å². The second-order valence-electron chi connectivity index (χ2n) is 21.9. The Kier molecular flexibility index (Phi) is 41.7. The summed E-state index contributed by atoms with van der Waals surface area (Å²) in [5.41, 5.74) is 26.4. The predicted molar refractivity (Wildman–Crippen MR) is 316 cm³/mol. The molecule has 1 aliphatic rings. The minimum absolute atomic E-state index is 1.04. The summed E-state index contributed by atoms with van der Waals surface area (Å²) in [6.07, 6.45) is 54.1. The predicted octanol–water partition coefficient (Wildman–Crippen LogP) is 23.9. The first-order valence-electron chi connectivity index (χ1n) is 31.6. The molecule has 0 saturated carbocycles. The monoisotopic (exact) mass is 1020 g/mol. The first-order chi connectivity index (χ1) is 34.9. The summed E-state index contributed by atoms with van der Waals surface area (Å²) < 4.78 is 1.73. The summed E-state index contributed by atoms with van der Waals surface area (Å²) in [7, 11) is 0. The molecule has 3 rings (SSSR count). The molecule has 1 aliphatic heterocycles. The van der Waals surface area contributed by atoms with Crippen LogP contribution in [-0.2, 0) is 40.1 Å². The van der Waals surface area contributed by atoms with Gasteiger partial charge in [0.1, 0.15) is 0 Å². The molecule has 3 heteroatoms. The van der Waals surface area contributed by atoms with Crippen LogP contribution < -0.4 is 0 Å². The van der Waals surface area contributed by atoms with Crippen LogP contribution in [0.1, 0.15) is 333 Å². The quantitative estimate of drug-likeness (QED) is 0.0359. The van der Waals surface area contributed by atoms with Gasteiger partial charge in [-0.3, -0.25) is 0 Å². The third-order valence-corrected chi connectivity index (χ3v) is 16.4. The van der Waals surface area contributed by atoms with Gasteiger partial charge in [-0.2, -0.15) is 0 Å². The number of rotatable bonds is 46. The Morgan fingerprint density at radius 1 is 0.282 bits per heavy atom. The van der Waals surface area contributed by atoms with E-state index in [4.69, 9.17) is 0 Å². The third-order valence-electron chi connectivity index (χ3n) is 15.0. The zero-order valence-corrected chi connectivity index (χ0v) is 49.8. The first-order valence-corrected chi connectivity index (χ1v) is 33.0. The molecule has 0 N–H and O–H groups in total. The van der Waals surface area contributed by atoms with E-state index < -0.39 is 0 Å². The molecule has 0 aliphatic carbocycles. The second-order valence-corrected chi connectivity index (χ2v) is 23.4. The van der Waals surface area contributed by atoms with Crippen LogP contribution >= 0.6 is 0 Å². The number of hydrogen-bond donors (Lipinski definition) is 0. The Bertz CT molecular complexity index is 1590. The molecule has 0 aromatic heterocycles. The third kappa shape index (κ3) is 29.6. The zero-order valence-electron chi connectivity index (χ0n) is 48.8. The van der Waals surface area contributed by atoms with Crippen molar-refractivity contribution in [3.05, 3.63) is 86.5 Å². The number of allylic oxidation sites excluding steroid dienone is 2. The van der Waals surface area contributed by atoms with Crippen molar-refractivity contribution in [1.29, 1.82) is 0 Å². The van der Waals surface area contributed by atoms with Gasteiger partial charge in [-0.25, -0.2) is 4.70 Å². The molecule has 410 valence electrons. The van der Waals surface area contributed by atoms with Gasteiger partial charge in [0, 0.05) is 22.3 Å². The van der Waals surface area contributed by atoms with Crippen molar-refractivity contribution in [3.63, 3.8) is 0 Å². The molecular formula is C68H118N2Ni. The Balaban J connectivity index is 0.00000174. The topological polar surface area (TPSA) is 25.3 Å². The van der Waals surface area contributed by atoms with E-state index >= 15 is 0 Å². The Morgan fingerprint density at radius 3 is 0.803 bits per heavy atom. The molecule has 0 amide bonds. The molecular weight excluding hydrogens is 903 g/mol. The van der Waals surface area contributed by atoms with Gasteiger partial charge >= 0.3 is 64.8 Å². The molecule has 0 radical (unpaired) electrons. The summed E-state index contributed by atoms with van der Waals surface area (Å²) in [5.74, 6) is 0. The van der Waals surface area contributed by atoms with Gasteiger partial charge in [0.15, 0.2) is 0 Å². The van der Waals surface area contributed by atoms with Crippen molar-refractivity contribution >= 4 is 11.4 Å². The van der Waals surface area contributed by atoms with Gasteiger partial charge in [-0.05, 0) is 124 Å². The molecule has 71 heavy (non-hydrogen) atoms. The fraction of sp³-hybridized carbons (Fsp3) is 0.765. The first kappa shape index (κ1) is 65.1. The van der Waals surface area contributed by atoms with Gasteiger partial charge in [0.2, 0.25) is 11.4 Å². The number of aryl methyl sites for hydroxylation is 4. The molecule has 2 nitrogen and oxygen atoms in total. The number of hydrogen-bond acceptors (Lipinski definition) is 0. The molecule has 2 aromatic rings. The summed E-state index contributed by atoms with van der Waals surface area (Å²) in [6, 6.07) is 15.1. The van der Waals surface area contributed by atoms with Crippen LogP contribution in [0.5, 0.6) is 0 Å². The summed E-state index contributed by atoms with van der Waals surface area (Å²) in [4.78, 5) is 0. The van der Waals surface area contributed by atoms with Crippen molar-refractivity contribution in [2.75, 3.05) is 0 Å². The van der Waals surface area contributed by atoms with E-state index in [1.165, 1.54) is 280 Å². The van der Waals surface area contributed by atoms with E-state index in [9.17, 15) is 5.53 Å². The molecule has 0 unspecified atom stereocenters. The van der Waals surface area contributed by atoms with Crippen LogP contribution in [0, 0.1) is 0 Å². The van der Waals surface area contributed by atoms with E-state index in [1.807, 2.05) is 14.4 Å². The fourth-order valence-corrected chi connectivity index (χ4v) is 11.9. The maximum absolute atomic E-state index is 12.9. The summed E-state index contributed by atoms with van der Waals surface area (Å²) >= 11 is 1.94. The average Bonchev–Trinajstić information content (AvgIpc) is 3.66. The van der Waals surface area contributed by atoms with Gasteiger partial charge in [0.05, 0.1) is 0 Å². The Hall–Kier alpha value is -1.99. The van der Waals surface area contributed by atoms with Crippen LogP contribution in [0.4, 0.5) is 0 Å². The van der Waals surface area contributed by atoms with E-state index in [2.05, 4.69) is 91.8 Å². The van der Waals surface area contributed by atoms with Crippen molar-refractivity contribution in [3.8, 4) is 0 Å². The molecule has 0 bridgehead atoms. The van der Waals surface area contributed by atoms with Crippen molar-refractivity contribution in [2.45, 2.75) is 336 Å². The van der Waals surface area contributed by atoms with E-state index in [0.717, 1.165) is 56.3 Å². The zero-order chi connectivity index (χ0) is 51.4. The SMILES string of the molecule is CCCCCCCCC1=C(c2cc(CCCCCCCC)cc(CCCCCCCC)c2)[N+](=[N-])C(c2cc(CCCCCCCC)cc(CCCCCCCC)c2)=C1CCCC.CCC[CH2][Ni][CH2]CCC. The molecule has 0 saturated heterocycles. The van der Waals surface area contributed by atoms with Gasteiger partial charge in [0.25, 0.3) is 0 Å². The number of nitrogens with zero attached hydrogens (tertiary/aromatic N) is 2. The van der Waals surface area contributed by atoms with Crippen LogP contribution in [0.25, 0.3) is 16.9 Å². The van der Waals surface area contributed by atoms with Crippen LogP contribution in [-0.4, -0.2) is 4.70 Å². The van der Waals surface area contributed by atoms with Gasteiger partial charge < -0.3 is 5.53 Å². The normalized spacial score (nSPS) is 12.8. The van der Waals surface area contributed by atoms with E-state index in [0.29, 0.717) is 0 Å². The molecule has 2 aromatic carbocycles.